The summed E-state index contributed by atoms with van der Waals surface area (Å²) in [4.78, 5) is 3.89. The molecule has 0 aliphatic heterocycles. The first-order valence-corrected chi connectivity index (χ1v) is 3.55. The largest absolute Gasteiger partial charge is 0.316 e. The summed E-state index contributed by atoms with van der Waals surface area (Å²) in [6.45, 7) is 0.403. The van der Waals surface area contributed by atoms with Crippen molar-refractivity contribution < 1.29 is 10.1 Å². The van der Waals surface area contributed by atoms with Gasteiger partial charge in [0.25, 0.3) is 0 Å². The molecule has 0 fully saturated rings. The van der Waals surface area contributed by atoms with E-state index < -0.39 is 0 Å². The van der Waals surface area contributed by atoms with Gasteiger partial charge in [0.15, 0.2) is 0 Å². The van der Waals surface area contributed by atoms with Crippen LogP contribution in [0.1, 0.15) is 25.7 Å². The van der Waals surface area contributed by atoms with Crippen LogP contribution in [-0.4, -0.2) is 18.0 Å². The van der Waals surface area contributed by atoms with Gasteiger partial charge in [0.2, 0.25) is 0 Å². The molecule has 4 heteroatoms. The summed E-state index contributed by atoms with van der Waals surface area (Å²) < 4.78 is 0. The Labute approximate surface area is 61.1 Å². The second-order valence-corrected chi connectivity index (χ2v) is 2.35. The minimum Gasteiger partial charge on any atom is -0.316 e. The third kappa shape index (κ3) is 7.84. The van der Waals surface area contributed by atoms with Crippen molar-refractivity contribution in [2.75, 3.05) is 6.61 Å². The van der Waals surface area contributed by atoms with E-state index in [-0.39, 0.29) is 6.17 Å². The highest BCUT2D eigenvalue weighted by molar-refractivity contribution is 4.50. The zero-order valence-corrected chi connectivity index (χ0v) is 6.12. The van der Waals surface area contributed by atoms with Crippen molar-refractivity contribution in [1.82, 2.24) is 0 Å². The van der Waals surface area contributed by atoms with E-state index in [9.17, 15) is 0 Å². The van der Waals surface area contributed by atoms with E-state index in [1.165, 1.54) is 0 Å². The molecule has 0 aromatic rings. The molecule has 0 amide bonds. The van der Waals surface area contributed by atoms with E-state index in [1.807, 2.05) is 0 Å². The lowest BCUT2D eigenvalue weighted by molar-refractivity contribution is -0.242. The summed E-state index contributed by atoms with van der Waals surface area (Å²) in [5, 5.41) is 7.93. The summed E-state index contributed by atoms with van der Waals surface area (Å²) in [6, 6.07) is 0. The van der Waals surface area contributed by atoms with Crippen molar-refractivity contribution in [3.05, 3.63) is 0 Å². The second kappa shape index (κ2) is 6.95. The van der Waals surface area contributed by atoms with Crippen molar-refractivity contribution in [3.8, 4) is 0 Å². The topological polar surface area (TPSA) is 81.5 Å². The third-order valence-corrected chi connectivity index (χ3v) is 1.27. The highest BCUT2D eigenvalue weighted by Gasteiger charge is 1.93. The van der Waals surface area contributed by atoms with Crippen LogP contribution in [0.25, 0.3) is 0 Å². The van der Waals surface area contributed by atoms with Crippen molar-refractivity contribution in [3.63, 3.8) is 0 Å². The molecule has 0 radical (unpaired) electrons. The van der Waals surface area contributed by atoms with Crippen LogP contribution >= 0.6 is 0 Å². The van der Waals surface area contributed by atoms with Gasteiger partial charge in [-0.15, -0.1) is 0 Å². The number of hydrogen-bond acceptors (Lipinski definition) is 4. The number of rotatable bonds is 6. The molecule has 62 valence electrons. The first kappa shape index (κ1) is 9.84. The summed E-state index contributed by atoms with van der Waals surface area (Å²) >= 11 is 0. The lowest BCUT2D eigenvalue weighted by atomic mass is 10.2. The molecule has 0 bridgehead atoms. The summed E-state index contributed by atoms with van der Waals surface area (Å²) in [7, 11) is 0. The Morgan fingerprint density at radius 2 is 1.90 bits per heavy atom. The van der Waals surface area contributed by atoms with Crippen LogP contribution in [0.15, 0.2) is 0 Å². The van der Waals surface area contributed by atoms with E-state index in [1.54, 1.807) is 0 Å². The average Bonchev–Trinajstić information content (AvgIpc) is 1.87. The Hall–Kier alpha value is -0.160. The normalized spacial score (nSPS) is 10.8. The fourth-order valence-electron chi connectivity index (χ4n) is 0.723. The monoisotopic (exact) mass is 148 g/mol. The van der Waals surface area contributed by atoms with Crippen LogP contribution in [0.4, 0.5) is 0 Å². The maximum Gasteiger partial charge on any atom is 0.0819 e. The van der Waals surface area contributed by atoms with E-state index in [4.69, 9.17) is 16.7 Å². The number of hydrogen-bond donors (Lipinski definition) is 3. The molecular weight excluding hydrogens is 132 g/mol. The average molecular weight is 148 g/mol. The Morgan fingerprint density at radius 3 is 2.40 bits per heavy atom. The van der Waals surface area contributed by atoms with Gasteiger partial charge in [0.05, 0.1) is 12.8 Å². The Morgan fingerprint density at radius 1 is 1.20 bits per heavy atom. The fraction of sp³-hybridized carbons (Fsp3) is 1.00. The minimum atomic E-state index is -0.199. The SMILES string of the molecule is NC(N)CCCCCOO. The molecule has 0 atom stereocenters. The fourth-order valence-corrected chi connectivity index (χ4v) is 0.723. The van der Waals surface area contributed by atoms with E-state index >= 15 is 0 Å². The predicted molar refractivity (Wildman–Crippen MR) is 39.2 cm³/mol. The highest BCUT2D eigenvalue weighted by atomic mass is 17.1. The van der Waals surface area contributed by atoms with Crippen molar-refractivity contribution >= 4 is 0 Å². The van der Waals surface area contributed by atoms with Crippen molar-refractivity contribution in [1.29, 1.82) is 0 Å². The number of unbranched alkanes of at least 4 members (excludes halogenated alkanes) is 2. The van der Waals surface area contributed by atoms with Gasteiger partial charge >= 0.3 is 0 Å². The molecule has 4 nitrogen and oxygen atoms in total. The van der Waals surface area contributed by atoms with Gasteiger partial charge in [-0.2, -0.15) is 0 Å². The lowest BCUT2D eigenvalue weighted by Crippen LogP contribution is -2.29. The number of nitrogens with two attached hydrogens (primary N) is 2. The quantitative estimate of drug-likeness (QED) is 0.219. The molecule has 0 saturated heterocycles. The molecule has 0 spiro atoms. The molecule has 0 rings (SSSR count). The van der Waals surface area contributed by atoms with E-state index in [2.05, 4.69) is 4.89 Å². The van der Waals surface area contributed by atoms with Gasteiger partial charge in [0, 0.05) is 0 Å². The summed E-state index contributed by atoms with van der Waals surface area (Å²) in [5.41, 5.74) is 10.6. The maximum atomic E-state index is 7.93. The molecule has 0 unspecified atom stereocenters. The van der Waals surface area contributed by atoms with Crippen molar-refractivity contribution in [2.24, 2.45) is 11.5 Å². The summed E-state index contributed by atoms with van der Waals surface area (Å²) in [5.74, 6) is 0. The molecule has 5 N–H and O–H groups in total. The highest BCUT2D eigenvalue weighted by Crippen LogP contribution is 1.99. The van der Waals surface area contributed by atoms with Gasteiger partial charge < -0.3 is 11.5 Å². The molecule has 0 aliphatic carbocycles. The first-order chi connectivity index (χ1) is 4.77. The van der Waals surface area contributed by atoms with Crippen LogP contribution in [0, 0.1) is 0 Å². The van der Waals surface area contributed by atoms with E-state index in [0.29, 0.717) is 6.61 Å². The van der Waals surface area contributed by atoms with Gasteiger partial charge in [-0.25, -0.2) is 4.89 Å². The maximum absolute atomic E-state index is 7.93. The molecule has 0 aromatic heterocycles. The molecule has 0 aliphatic rings. The van der Waals surface area contributed by atoms with Gasteiger partial charge in [-0.1, -0.05) is 12.8 Å². The van der Waals surface area contributed by atoms with Gasteiger partial charge in [0.1, 0.15) is 0 Å². The lowest BCUT2D eigenvalue weighted by Gasteiger charge is -2.02. The smallest absolute Gasteiger partial charge is 0.0819 e. The Bertz CT molecular complexity index is 68.8. The van der Waals surface area contributed by atoms with Crippen LogP contribution < -0.4 is 11.5 Å². The Balaban J connectivity index is 2.77. The van der Waals surface area contributed by atoms with Crippen LogP contribution in [-0.2, 0) is 4.89 Å². The van der Waals surface area contributed by atoms with Crippen LogP contribution in [0.3, 0.4) is 0 Å². The van der Waals surface area contributed by atoms with Crippen LogP contribution in [0.2, 0.25) is 0 Å². The first-order valence-electron chi connectivity index (χ1n) is 3.55. The Kier molecular flexibility index (Phi) is 6.84. The molecule has 0 saturated carbocycles. The zero-order chi connectivity index (χ0) is 7.82. The van der Waals surface area contributed by atoms with Crippen molar-refractivity contribution in [2.45, 2.75) is 31.8 Å². The van der Waals surface area contributed by atoms with Gasteiger partial charge in [-0.3, -0.25) is 5.26 Å². The van der Waals surface area contributed by atoms with E-state index in [0.717, 1.165) is 25.7 Å². The molecule has 10 heavy (non-hydrogen) atoms. The minimum absolute atomic E-state index is 0.199. The summed E-state index contributed by atoms with van der Waals surface area (Å²) in [6.07, 6.45) is 3.51. The van der Waals surface area contributed by atoms with Gasteiger partial charge in [-0.05, 0) is 12.8 Å². The third-order valence-electron chi connectivity index (χ3n) is 1.27. The molecular formula is C6H16N2O2. The molecule has 0 heterocycles. The zero-order valence-electron chi connectivity index (χ0n) is 6.12. The standard InChI is InChI=1S/C6H16N2O2/c7-6(8)4-2-1-3-5-10-9/h6,9H,1-5,7-8H2. The second-order valence-electron chi connectivity index (χ2n) is 2.35. The van der Waals surface area contributed by atoms with Crippen LogP contribution in [0.5, 0.6) is 0 Å². The molecule has 0 aromatic carbocycles. The predicted octanol–water partition coefficient (Wildman–Crippen LogP) is 0.280.